The molecule has 1 aliphatic heterocycles. The van der Waals surface area contributed by atoms with Crippen molar-refractivity contribution in [3.05, 3.63) is 23.8 Å². The van der Waals surface area contributed by atoms with E-state index in [1.165, 1.54) is 18.2 Å². The van der Waals surface area contributed by atoms with Crippen molar-refractivity contribution in [1.82, 2.24) is 10.6 Å². The quantitative estimate of drug-likeness (QED) is 0.326. The fraction of sp³-hybridized carbons (Fsp3) is 0.250. The predicted molar refractivity (Wildman–Crippen MR) is 66.2 cm³/mol. The highest BCUT2D eigenvalue weighted by molar-refractivity contribution is 6.03. The number of carbonyl (C=O) groups is 3. The van der Waals surface area contributed by atoms with Crippen LogP contribution >= 0.6 is 0 Å². The number of imide groups is 1. The molecule has 1 aromatic carbocycles. The van der Waals surface area contributed by atoms with Gasteiger partial charge in [0, 0.05) is 12.0 Å². The zero-order valence-corrected chi connectivity index (χ0v) is 9.97. The lowest BCUT2D eigenvalue weighted by Crippen LogP contribution is -2.52. The summed E-state index contributed by atoms with van der Waals surface area (Å²) in [5.41, 5.74) is 5.78. The number of hydrogen-bond donors (Lipinski definition) is 4. The van der Waals surface area contributed by atoms with E-state index in [4.69, 9.17) is 5.73 Å². The van der Waals surface area contributed by atoms with Gasteiger partial charge in [-0.1, -0.05) is 0 Å². The van der Waals surface area contributed by atoms with E-state index in [-0.39, 0.29) is 35.7 Å². The van der Waals surface area contributed by atoms with Crippen molar-refractivity contribution in [1.29, 1.82) is 0 Å². The topological polar surface area (TPSA) is 122 Å². The average Bonchev–Trinajstić information content (AvgIpc) is 2.36. The number of nitrogen functional groups attached to an aromatic ring is 1. The highest BCUT2D eigenvalue weighted by Gasteiger charge is 2.28. The Labute approximate surface area is 108 Å². The van der Waals surface area contributed by atoms with Crippen LogP contribution in [0.2, 0.25) is 0 Å². The Morgan fingerprint density at radius 1 is 1.42 bits per heavy atom. The van der Waals surface area contributed by atoms with Crippen LogP contribution in [0.5, 0.6) is 5.75 Å². The van der Waals surface area contributed by atoms with Crippen LogP contribution < -0.4 is 16.4 Å². The molecule has 7 nitrogen and oxygen atoms in total. The van der Waals surface area contributed by atoms with Gasteiger partial charge in [0.25, 0.3) is 5.91 Å². The molecule has 1 atom stereocenters. The third-order valence-corrected chi connectivity index (χ3v) is 2.84. The van der Waals surface area contributed by atoms with E-state index in [2.05, 4.69) is 10.6 Å². The smallest absolute Gasteiger partial charge is 0.252 e. The number of nitrogens with one attached hydrogen (secondary N) is 2. The van der Waals surface area contributed by atoms with Crippen LogP contribution in [0.3, 0.4) is 0 Å². The number of anilines is 1. The molecule has 100 valence electrons. The lowest BCUT2D eigenvalue weighted by atomic mass is 10.1. The average molecular weight is 263 g/mol. The van der Waals surface area contributed by atoms with E-state index in [9.17, 15) is 19.5 Å². The molecular weight excluding hydrogens is 250 g/mol. The summed E-state index contributed by atoms with van der Waals surface area (Å²) in [7, 11) is 0. The molecule has 5 N–H and O–H groups in total. The molecule has 7 heteroatoms. The van der Waals surface area contributed by atoms with E-state index in [1.54, 1.807) is 0 Å². The first-order valence-corrected chi connectivity index (χ1v) is 5.70. The van der Waals surface area contributed by atoms with Gasteiger partial charge in [0.05, 0.1) is 5.69 Å². The summed E-state index contributed by atoms with van der Waals surface area (Å²) in [4.78, 5) is 34.3. The molecular formula is C12H13N3O4. The number of phenolic OH excluding ortho intramolecular Hbond substituents is 1. The first kappa shape index (κ1) is 12.9. The Bertz CT molecular complexity index is 556. The number of carbonyl (C=O) groups excluding carboxylic acids is 3. The Morgan fingerprint density at radius 2 is 2.16 bits per heavy atom. The summed E-state index contributed by atoms with van der Waals surface area (Å²) in [6.07, 6.45) is 0.445. The molecule has 0 spiro atoms. The summed E-state index contributed by atoms with van der Waals surface area (Å²) >= 11 is 0. The Morgan fingerprint density at radius 3 is 2.79 bits per heavy atom. The largest absolute Gasteiger partial charge is 0.506 e. The number of piperidine rings is 1. The highest BCUT2D eigenvalue weighted by atomic mass is 16.3. The van der Waals surface area contributed by atoms with Gasteiger partial charge in [-0.2, -0.15) is 0 Å². The SMILES string of the molecule is Nc1ccc(C(=O)NC2CCC(=O)NC2=O)cc1O. The van der Waals surface area contributed by atoms with Gasteiger partial charge in [-0.15, -0.1) is 0 Å². The first-order chi connectivity index (χ1) is 8.97. The molecule has 0 radical (unpaired) electrons. The molecule has 19 heavy (non-hydrogen) atoms. The van der Waals surface area contributed by atoms with Crippen molar-refractivity contribution in [2.75, 3.05) is 5.73 Å². The zero-order valence-electron chi connectivity index (χ0n) is 9.97. The predicted octanol–water partition coefficient (Wildman–Crippen LogP) is -0.491. The van der Waals surface area contributed by atoms with Crippen molar-refractivity contribution < 1.29 is 19.5 Å². The monoisotopic (exact) mass is 263 g/mol. The van der Waals surface area contributed by atoms with Gasteiger partial charge in [0.1, 0.15) is 11.8 Å². The summed E-state index contributed by atoms with van der Waals surface area (Å²) in [5.74, 6) is -1.58. The van der Waals surface area contributed by atoms with Gasteiger partial charge in [0.15, 0.2) is 0 Å². The van der Waals surface area contributed by atoms with Crippen LogP contribution in [0.15, 0.2) is 18.2 Å². The molecule has 1 unspecified atom stereocenters. The second kappa shape index (κ2) is 4.97. The van der Waals surface area contributed by atoms with E-state index in [1.807, 2.05) is 0 Å². The summed E-state index contributed by atoms with van der Waals surface area (Å²) in [5, 5.41) is 14.1. The minimum Gasteiger partial charge on any atom is -0.506 e. The molecule has 1 aromatic rings. The number of nitrogens with two attached hydrogens (primary N) is 1. The van der Waals surface area contributed by atoms with Crippen LogP contribution in [-0.4, -0.2) is 28.9 Å². The van der Waals surface area contributed by atoms with Crippen LogP contribution in [0, 0.1) is 0 Å². The van der Waals surface area contributed by atoms with Crippen molar-refractivity contribution in [3.63, 3.8) is 0 Å². The Hall–Kier alpha value is -2.57. The third-order valence-electron chi connectivity index (χ3n) is 2.84. The van der Waals surface area contributed by atoms with E-state index < -0.39 is 17.9 Å². The second-order valence-electron chi connectivity index (χ2n) is 4.25. The molecule has 3 amide bonds. The third kappa shape index (κ3) is 2.82. The maximum atomic E-state index is 11.9. The fourth-order valence-electron chi connectivity index (χ4n) is 1.76. The summed E-state index contributed by atoms with van der Waals surface area (Å²) < 4.78 is 0. The van der Waals surface area contributed by atoms with Crippen LogP contribution in [-0.2, 0) is 9.59 Å². The number of benzene rings is 1. The van der Waals surface area contributed by atoms with Crippen LogP contribution in [0.4, 0.5) is 5.69 Å². The molecule has 1 fully saturated rings. The molecule has 2 rings (SSSR count). The van der Waals surface area contributed by atoms with Gasteiger partial charge >= 0.3 is 0 Å². The minimum absolute atomic E-state index is 0.164. The summed E-state index contributed by atoms with van der Waals surface area (Å²) in [6.45, 7) is 0. The van der Waals surface area contributed by atoms with Crippen LogP contribution in [0.25, 0.3) is 0 Å². The summed E-state index contributed by atoms with van der Waals surface area (Å²) in [6, 6.07) is 3.31. The number of phenols is 1. The maximum absolute atomic E-state index is 11.9. The number of rotatable bonds is 2. The molecule has 1 aliphatic rings. The molecule has 0 aromatic heterocycles. The maximum Gasteiger partial charge on any atom is 0.252 e. The number of amides is 3. The number of aromatic hydroxyl groups is 1. The van der Waals surface area contributed by atoms with Crippen molar-refractivity contribution in [2.24, 2.45) is 0 Å². The van der Waals surface area contributed by atoms with E-state index in [0.717, 1.165) is 0 Å². The van der Waals surface area contributed by atoms with E-state index >= 15 is 0 Å². The zero-order chi connectivity index (χ0) is 14.0. The Balaban J connectivity index is 2.06. The molecule has 0 aliphatic carbocycles. The first-order valence-electron chi connectivity index (χ1n) is 5.70. The lowest BCUT2D eigenvalue weighted by Gasteiger charge is -2.21. The lowest BCUT2D eigenvalue weighted by molar-refractivity contribution is -0.134. The number of hydrogen-bond acceptors (Lipinski definition) is 5. The van der Waals surface area contributed by atoms with Gasteiger partial charge in [-0.05, 0) is 24.6 Å². The minimum atomic E-state index is -0.745. The van der Waals surface area contributed by atoms with E-state index in [0.29, 0.717) is 0 Å². The van der Waals surface area contributed by atoms with Crippen LogP contribution in [0.1, 0.15) is 23.2 Å². The van der Waals surface area contributed by atoms with Gasteiger partial charge in [-0.25, -0.2) is 0 Å². The Kier molecular flexibility index (Phi) is 3.37. The van der Waals surface area contributed by atoms with Crippen molar-refractivity contribution >= 4 is 23.4 Å². The van der Waals surface area contributed by atoms with Crippen molar-refractivity contribution in [2.45, 2.75) is 18.9 Å². The van der Waals surface area contributed by atoms with Gasteiger partial charge in [0.2, 0.25) is 11.8 Å². The standard InChI is InChI=1S/C12H13N3O4/c13-7-2-1-6(5-9(7)16)11(18)14-8-3-4-10(17)15-12(8)19/h1-2,5,8,16H,3-4,13H2,(H,14,18)(H,15,17,19). The fourth-order valence-corrected chi connectivity index (χ4v) is 1.76. The molecule has 1 heterocycles. The molecule has 0 bridgehead atoms. The molecule has 0 saturated carbocycles. The second-order valence-corrected chi connectivity index (χ2v) is 4.25. The highest BCUT2D eigenvalue weighted by Crippen LogP contribution is 2.20. The normalized spacial score (nSPS) is 18.8. The molecule has 1 saturated heterocycles. The van der Waals surface area contributed by atoms with Gasteiger partial charge in [-0.3, -0.25) is 19.7 Å². The van der Waals surface area contributed by atoms with Crippen molar-refractivity contribution in [3.8, 4) is 5.75 Å². The van der Waals surface area contributed by atoms with Gasteiger partial charge < -0.3 is 16.2 Å².